The lowest BCUT2D eigenvalue weighted by Crippen LogP contribution is -2.22. The molecule has 1 aliphatic heterocycles. The zero-order valence-corrected chi connectivity index (χ0v) is 11.5. The van der Waals surface area contributed by atoms with Gasteiger partial charge in [0.2, 0.25) is 0 Å². The molecule has 0 aliphatic carbocycles. The van der Waals surface area contributed by atoms with Gasteiger partial charge in [0, 0.05) is 4.47 Å². The number of Topliss-reactive ketones (excluding diaryl/α,β-unsaturated/α-hetero) is 1. The van der Waals surface area contributed by atoms with Crippen LogP contribution >= 0.6 is 27.5 Å². The standard InChI is InChI=1S/C12H11BrClFO2/c1-6-2-5-9(17-6)12(16)7-3-4-8(13)10(14)11(7)15/h3-4,6,9H,2,5H2,1H3. The van der Waals surface area contributed by atoms with Crippen LogP contribution in [0.1, 0.15) is 30.1 Å². The summed E-state index contributed by atoms with van der Waals surface area (Å²) in [5, 5.41) is -0.0677. The lowest BCUT2D eigenvalue weighted by Gasteiger charge is -2.11. The van der Waals surface area contributed by atoms with Crippen LogP contribution in [0.4, 0.5) is 4.39 Å². The predicted octanol–water partition coefficient (Wildman–Crippen LogP) is 3.99. The van der Waals surface area contributed by atoms with Gasteiger partial charge in [-0.2, -0.15) is 0 Å². The van der Waals surface area contributed by atoms with Gasteiger partial charge in [0.05, 0.1) is 16.7 Å². The Morgan fingerprint density at radius 3 is 2.82 bits per heavy atom. The molecule has 5 heteroatoms. The average molecular weight is 322 g/mol. The Bertz CT molecular complexity index is 464. The van der Waals surface area contributed by atoms with E-state index in [2.05, 4.69) is 15.9 Å². The summed E-state index contributed by atoms with van der Waals surface area (Å²) in [6.45, 7) is 1.90. The van der Waals surface area contributed by atoms with E-state index in [0.29, 0.717) is 10.9 Å². The van der Waals surface area contributed by atoms with Crippen molar-refractivity contribution >= 4 is 33.3 Å². The normalized spacial score (nSPS) is 24.0. The Hall–Kier alpha value is -0.450. The number of rotatable bonds is 2. The topological polar surface area (TPSA) is 26.3 Å². The Morgan fingerprint density at radius 1 is 1.53 bits per heavy atom. The number of carbonyl (C=O) groups is 1. The van der Waals surface area contributed by atoms with Gasteiger partial charge >= 0.3 is 0 Å². The highest BCUT2D eigenvalue weighted by Crippen LogP contribution is 2.30. The minimum absolute atomic E-state index is 0.00250. The molecule has 1 aliphatic rings. The largest absolute Gasteiger partial charge is 0.367 e. The zero-order valence-electron chi connectivity index (χ0n) is 9.17. The maximum absolute atomic E-state index is 13.8. The monoisotopic (exact) mass is 320 g/mol. The highest BCUT2D eigenvalue weighted by molar-refractivity contribution is 9.10. The fourth-order valence-corrected chi connectivity index (χ4v) is 2.36. The molecule has 0 spiro atoms. The van der Waals surface area contributed by atoms with Gasteiger partial charge in [-0.1, -0.05) is 11.6 Å². The molecule has 1 fully saturated rings. The molecule has 2 rings (SSSR count). The van der Waals surface area contributed by atoms with Crippen LogP contribution in [0.2, 0.25) is 5.02 Å². The lowest BCUT2D eigenvalue weighted by molar-refractivity contribution is 0.0430. The van der Waals surface area contributed by atoms with E-state index in [4.69, 9.17) is 16.3 Å². The summed E-state index contributed by atoms with van der Waals surface area (Å²) in [5.41, 5.74) is -0.00250. The van der Waals surface area contributed by atoms with E-state index in [9.17, 15) is 9.18 Å². The minimum atomic E-state index is -0.686. The van der Waals surface area contributed by atoms with Gasteiger partial charge in [-0.3, -0.25) is 4.79 Å². The number of hydrogen-bond donors (Lipinski definition) is 0. The number of ketones is 1. The second-order valence-electron chi connectivity index (χ2n) is 4.10. The lowest BCUT2D eigenvalue weighted by atomic mass is 10.0. The fourth-order valence-electron chi connectivity index (χ4n) is 1.89. The number of ether oxygens (including phenoxy) is 1. The van der Waals surface area contributed by atoms with Crippen molar-refractivity contribution in [3.63, 3.8) is 0 Å². The first-order chi connectivity index (χ1) is 8.00. The zero-order chi connectivity index (χ0) is 12.6. The van der Waals surface area contributed by atoms with E-state index in [1.807, 2.05) is 6.92 Å². The van der Waals surface area contributed by atoms with E-state index in [1.54, 1.807) is 6.07 Å². The molecule has 0 amide bonds. The summed E-state index contributed by atoms with van der Waals surface area (Å²) in [6, 6.07) is 3.00. The molecule has 1 aromatic rings. The van der Waals surface area contributed by atoms with Crippen LogP contribution in [-0.2, 0) is 4.74 Å². The van der Waals surface area contributed by atoms with E-state index in [0.717, 1.165) is 6.42 Å². The summed E-state index contributed by atoms with van der Waals surface area (Å²) < 4.78 is 19.7. The first kappa shape index (κ1) is 13.0. The van der Waals surface area contributed by atoms with Crippen molar-refractivity contribution in [1.29, 1.82) is 0 Å². The number of benzene rings is 1. The van der Waals surface area contributed by atoms with Gasteiger partial charge in [-0.05, 0) is 47.8 Å². The molecule has 92 valence electrons. The Kier molecular flexibility index (Phi) is 3.85. The average Bonchev–Trinajstić information content (AvgIpc) is 2.72. The first-order valence-electron chi connectivity index (χ1n) is 5.34. The van der Waals surface area contributed by atoms with Crippen molar-refractivity contribution in [2.24, 2.45) is 0 Å². The van der Waals surface area contributed by atoms with Crippen LogP contribution in [0, 0.1) is 5.82 Å². The van der Waals surface area contributed by atoms with E-state index in [1.165, 1.54) is 6.07 Å². The third-order valence-corrected chi connectivity index (χ3v) is 4.08. The maximum Gasteiger partial charge on any atom is 0.194 e. The molecule has 0 radical (unpaired) electrons. The van der Waals surface area contributed by atoms with Crippen LogP contribution in [0.3, 0.4) is 0 Å². The van der Waals surface area contributed by atoms with Crippen molar-refractivity contribution in [1.82, 2.24) is 0 Å². The van der Waals surface area contributed by atoms with Crippen molar-refractivity contribution in [2.45, 2.75) is 32.0 Å². The molecule has 17 heavy (non-hydrogen) atoms. The van der Waals surface area contributed by atoms with Crippen LogP contribution in [0.15, 0.2) is 16.6 Å². The molecule has 2 atom stereocenters. The molecule has 0 aromatic heterocycles. The molecule has 2 nitrogen and oxygen atoms in total. The van der Waals surface area contributed by atoms with Gasteiger partial charge < -0.3 is 4.74 Å². The van der Waals surface area contributed by atoms with Gasteiger partial charge in [0.15, 0.2) is 11.6 Å². The third-order valence-electron chi connectivity index (χ3n) is 2.83. The van der Waals surface area contributed by atoms with Crippen LogP contribution in [0.5, 0.6) is 0 Å². The highest BCUT2D eigenvalue weighted by Gasteiger charge is 2.31. The number of halogens is 3. The fraction of sp³-hybridized carbons (Fsp3) is 0.417. The van der Waals surface area contributed by atoms with Crippen molar-refractivity contribution in [3.8, 4) is 0 Å². The van der Waals surface area contributed by atoms with Crippen LogP contribution < -0.4 is 0 Å². The molecule has 0 saturated carbocycles. The summed E-state index contributed by atoms with van der Waals surface area (Å²) in [7, 11) is 0. The van der Waals surface area contributed by atoms with Crippen LogP contribution in [-0.4, -0.2) is 18.0 Å². The highest BCUT2D eigenvalue weighted by atomic mass is 79.9. The second-order valence-corrected chi connectivity index (χ2v) is 5.33. The molecule has 2 unspecified atom stereocenters. The van der Waals surface area contributed by atoms with Crippen LogP contribution in [0.25, 0.3) is 0 Å². The van der Waals surface area contributed by atoms with Gasteiger partial charge in [-0.15, -0.1) is 0 Å². The second kappa shape index (κ2) is 5.04. The summed E-state index contributed by atoms with van der Waals surface area (Å²) in [6.07, 6.45) is 0.963. The van der Waals surface area contributed by atoms with E-state index in [-0.39, 0.29) is 22.5 Å². The quantitative estimate of drug-likeness (QED) is 0.608. The van der Waals surface area contributed by atoms with E-state index >= 15 is 0 Å². The summed E-state index contributed by atoms with van der Waals surface area (Å²) in [4.78, 5) is 12.0. The summed E-state index contributed by atoms with van der Waals surface area (Å²) >= 11 is 8.86. The molecule has 1 heterocycles. The first-order valence-corrected chi connectivity index (χ1v) is 6.51. The predicted molar refractivity (Wildman–Crippen MR) is 67.0 cm³/mol. The molecule has 0 bridgehead atoms. The SMILES string of the molecule is CC1CCC(C(=O)c2ccc(Br)c(Cl)c2F)O1. The van der Waals surface area contributed by atoms with Crippen molar-refractivity contribution < 1.29 is 13.9 Å². The summed E-state index contributed by atoms with van der Waals surface area (Å²) in [5.74, 6) is -1.02. The van der Waals surface area contributed by atoms with Crippen molar-refractivity contribution in [3.05, 3.63) is 33.0 Å². The van der Waals surface area contributed by atoms with Crippen molar-refractivity contribution in [2.75, 3.05) is 0 Å². The van der Waals surface area contributed by atoms with Gasteiger partial charge in [0.25, 0.3) is 0 Å². The number of carbonyl (C=O) groups excluding carboxylic acids is 1. The Labute approximate surface area is 112 Å². The molecular weight excluding hydrogens is 310 g/mol. The maximum atomic E-state index is 13.8. The third kappa shape index (κ3) is 2.54. The Morgan fingerprint density at radius 2 is 2.24 bits per heavy atom. The Balaban J connectivity index is 2.29. The molecule has 1 saturated heterocycles. The van der Waals surface area contributed by atoms with E-state index < -0.39 is 11.9 Å². The van der Waals surface area contributed by atoms with Gasteiger partial charge in [0.1, 0.15) is 6.10 Å². The minimum Gasteiger partial charge on any atom is -0.367 e. The number of hydrogen-bond acceptors (Lipinski definition) is 2. The smallest absolute Gasteiger partial charge is 0.194 e. The molecular formula is C12H11BrClFO2. The molecule has 1 aromatic carbocycles. The van der Waals surface area contributed by atoms with Gasteiger partial charge in [-0.25, -0.2) is 4.39 Å². The molecule has 0 N–H and O–H groups in total.